The minimum atomic E-state index is 0.0746. The van der Waals surface area contributed by atoms with Gasteiger partial charge in [-0.3, -0.25) is 4.98 Å². The summed E-state index contributed by atoms with van der Waals surface area (Å²) < 4.78 is 11.3. The zero-order chi connectivity index (χ0) is 13.2. The molecule has 1 atom stereocenters. The molecular formula is C16H25NO2. The molecule has 1 aromatic rings. The fourth-order valence-corrected chi connectivity index (χ4v) is 2.39. The van der Waals surface area contributed by atoms with E-state index in [1.54, 1.807) is 0 Å². The van der Waals surface area contributed by atoms with E-state index >= 15 is 0 Å². The Balaban J connectivity index is 1.42. The second-order valence-electron chi connectivity index (χ2n) is 5.19. The molecule has 1 aliphatic heterocycles. The Morgan fingerprint density at radius 1 is 1.11 bits per heavy atom. The SMILES string of the molecule is c1cc(CCCCCCOC2CCCCO2)ccn1. The van der Waals surface area contributed by atoms with Crippen molar-refractivity contribution in [3.05, 3.63) is 30.1 Å². The van der Waals surface area contributed by atoms with Crippen LogP contribution in [-0.4, -0.2) is 24.5 Å². The van der Waals surface area contributed by atoms with Crippen LogP contribution in [-0.2, 0) is 15.9 Å². The summed E-state index contributed by atoms with van der Waals surface area (Å²) in [6.45, 7) is 1.72. The highest BCUT2D eigenvalue weighted by Gasteiger charge is 2.13. The number of hydrogen-bond donors (Lipinski definition) is 0. The number of aromatic nitrogens is 1. The predicted molar refractivity (Wildman–Crippen MR) is 76.0 cm³/mol. The fourth-order valence-electron chi connectivity index (χ4n) is 2.39. The lowest BCUT2D eigenvalue weighted by atomic mass is 10.1. The number of hydrogen-bond acceptors (Lipinski definition) is 3. The Bertz CT molecular complexity index is 323. The molecule has 0 amide bonds. The van der Waals surface area contributed by atoms with Crippen LogP contribution in [0.25, 0.3) is 0 Å². The average Bonchev–Trinajstić information content (AvgIpc) is 2.48. The normalized spacial score (nSPS) is 19.5. The molecule has 0 radical (unpaired) electrons. The first kappa shape index (κ1) is 14.5. The standard InChI is InChI=1S/C16H25NO2/c1(3-7-15-9-11-17-12-10-15)2-5-13-18-16-8-4-6-14-19-16/h9-12,16H,1-8,13-14H2. The van der Waals surface area contributed by atoms with Gasteiger partial charge in [-0.25, -0.2) is 0 Å². The molecule has 0 spiro atoms. The molecule has 0 bridgehead atoms. The maximum absolute atomic E-state index is 5.72. The van der Waals surface area contributed by atoms with Gasteiger partial charge >= 0.3 is 0 Å². The van der Waals surface area contributed by atoms with Crippen LogP contribution in [0.15, 0.2) is 24.5 Å². The molecule has 1 aliphatic rings. The maximum atomic E-state index is 5.72. The van der Waals surface area contributed by atoms with Crippen LogP contribution in [0.4, 0.5) is 0 Å². The van der Waals surface area contributed by atoms with Gasteiger partial charge in [0, 0.05) is 25.6 Å². The quantitative estimate of drug-likeness (QED) is 0.670. The number of unbranched alkanes of at least 4 members (excludes halogenated alkanes) is 3. The summed E-state index contributed by atoms with van der Waals surface area (Å²) in [7, 11) is 0. The lowest BCUT2D eigenvalue weighted by Crippen LogP contribution is -2.22. The Labute approximate surface area is 116 Å². The Morgan fingerprint density at radius 2 is 1.95 bits per heavy atom. The lowest BCUT2D eigenvalue weighted by Gasteiger charge is -2.22. The summed E-state index contributed by atoms with van der Waals surface area (Å²) in [5, 5.41) is 0. The monoisotopic (exact) mass is 263 g/mol. The molecular weight excluding hydrogens is 238 g/mol. The third-order valence-electron chi connectivity index (χ3n) is 3.55. The van der Waals surface area contributed by atoms with E-state index in [9.17, 15) is 0 Å². The van der Waals surface area contributed by atoms with Crippen LogP contribution in [0.1, 0.15) is 50.5 Å². The van der Waals surface area contributed by atoms with E-state index < -0.39 is 0 Å². The van der Waals surface area contributed by atoms with Gasteiger partial charge in [-0.1, -0.05) is 12.8 Å². The number of nitrogens with zero attached hydrogens (tertiary/aromatic N) is 1. The average molecular weight is 263 g/mol. The topological polar surface area (TPSA) is 31.4 Å². The van der Waals surface area contributed by atoms with Gasteiger partial charge in [0.2, 0.25) is 0 Å². The molecule has 2 heterocycles. The number of pyridine rings is 1. The molecule has 0 saturated carbocycles. The van der Waals surface area contributed by atoms with Crippen molar-refractivity contribution in [2.75, 3.05) is 13.2 Å². The number of aryl methyl sites for hydroxylation is 1. The van der Waals surface area contributed by atoms with Crippen molar-refractivity contribution in [3.8, 4) is 0 Å². The van der Waals surface area contributed by atoms with Crippen molar-refractivity contribution in [1.82, 2.24) is 4.98 Å². The highest BCUT2D eigenvalue weighted by atomic mass is 16.7. The Morgan fingerprint density at radius 3 is 2.74 bits per heavy atom. The summed E-state index contributed by atoms with van der Waals surface area (Å²) in [5.41, 5.74) is 1.39. The van der Waals surface area contributed by atoms with E-state index in [2.05, 4.69) is 17.1 Å². The Kier molecular flexibility index (Phi) is 6.90. The summed E-state index contributed by atoms with van der Waals surface area (Å²) in [6.07, 6.45) is 13.4. The van der Waals surface area contributed by atoms with Gasteiger partial charge in [0.1, 0.15) is 0 Å². The van der Waals surface area contributed by atoms with Gasteiger partial charge in [-0.05, 0) is 56.2 Å². The van der Waals surface area contributed by atoms with Gasteiger partial charge in [-0.15, -0.1) is 0 Å². The molecule has 1 saturated heterocycles. The van der Waals surface area contributed by atoms with E-state index in [0.29, 0.717) is 0 Å². The van der Waals surface area contributed by atoms with Crippen LogP contribution < -0.4 is 0 Å². The second kappa shape index (κ2) is 9.05. The summed E-state index contributed by atoms with van der Waals surface area (Å²) >= 11 is 0. The third kappa shape index (κ3) is 6.17. The molecule has 19 heavy (non-hydrogen) atoms. The Hall–Kier alpha value is -0.930. The first-order chi connectivity index (χ1) is 9.45. The van der Waals surface area contributed by atoms with Crippen molar-refractivity contribution in [2.45, 2.75) is 57.7 Å². The predicted octanol–water partition coefficient (Wildman–Crippen LogP) is 3.73. The molecule has 3 nitrogen and oxygen atoms in total. The molecule has 0 aromatic carbocycles. The molecule has 0 N–H and O–H groups in total. The summed E-state index contributed by atoms with van der Waals surface area (Å²) in [6, 6.07) is 4.20. The van der Waals surface area contributed by atoms with Crippen molar-refractivity contribution in [2.24, 2.45) is 0 Å². The van der Waals surface area contributed by atoms with Gasteiger partial charge in [0.25, 0.3) is 0 Å². The molecule has 1 unspecified atom stereocenters. The van der Waals surface area contributed by atoms with Crippen LogP contribution >= 0.6 is 0 Å². The van der Waals surface area contributed by atoms with E-state index in [1.807, 2.05) is 12.4 Å². The zero-order valence-corrected chi connectivity index (χ0v) is 11.7. The van der Waals surface area contributed by atoms with Gasteiger partial charge in [0.05, 0.1) is 0 Å². The molecule has 1 aromatic heterocycles. The maximum Gasteiger partial charge on any atom is 0.157 e. The van der Waals surface area contributed by atoms with E-state index in [0.717, 1.165) is 32.5 Å². The van der Waals surface area contributed by atoms with E-state index in [1.165, 1.54) is 37.7 Å². The highest BCUT2D eigenvalue weighted by molar-refractivity contribution is 5.09. The third-order valence-corrected chi connectivity index (χ3v) is 3.55. The van der Waals surface area contributed by atoms with Crippen LogP contribution in [0.5, 0.6) is 0 Å². The van der Waals surface area contributed by atoms with Gasteiger partial charge in [-0.2, -0.15) is 0 Å². The summed E-state index contributed by atoms with van der Waals surface area (Å²) in [5.74, 6) is 0. The molecule has 0 aliphatic carbocycles. The van der Waals surface area contributed by atoms with Gasteiger partial charge in [0.15, 0.2) is 6.29 Å². The second-order valence-corrected chi connectivity index (χ2v) is 5.19. The largest absolute Gasteiger partial charge is 0.353 e. The summed E-state index contributed by atoms with van der Waals surface area (Å²) in [4.78, 5) is 4.03. The van der Waals surface area contributed by atoms with Crippen LogP contribution in [0, 0.1) is 0 Å². The molecule has 1 fully saturated rings. The first-order valence-corrected chi connectivity index (χ1v) is 7.57. The van der Waals surface area contributed by atoms with E-state index in [-0.39, 0.29) is 6.29 Å². The van der Waals surface area contributed by atoms with Crippen molar-refractivity contribution < 1.29 is 9.47 Å². The van der Waals surface area contributed by atoms with Gasteiger partial charge < -0.3 is 9.47 Å². The molecule has 106 valence electrons. The number of ether oxygens (including phenoxy) is 2. The molecule has 2 rings (SSSR count). The smallest absolute Gasteiger partial charge is 0.157 e. The van der Waals surface area contributed by atoms with Crippen molar-refractivity contribution in [1.29, 1.82) is 0 Å². The minimum Gasteiger partial charge on any atom is -0.353 e. The lowest BCUT2D eigenvalue weighted by molar-refractivity contribution is -0.162. The number of rotatable bonds is 8. The van der Waals surface area contributed by atoms with E-state index in [4.69, 9.17) is 9.47 Å². The van der Waals surface area contributed by atoms with Crippen LogP contribution in [0.2, 0.25) is 0 Å². The minimum absolute atomic E-state index is 0.0746. The fraction of sp³-hybridized carbons (Fsp3) is 0.688. The molecule has 3 heteroatoms. The van der Waals surface area contributed by atoms with Crippen molar-refractivity contribution in [3.63, 3.8) is 0 Å². The zero-order valence-electron chi connectivity index (χ0n) is 11.7. The van der Waals surface area contributed by atoms with Crippen molar-refractivity contribution >= 4 is 0 Å². The first-order valence-electron chi connectivity index (χ1n) is 7.57. The van der Waals surface area contributed by atoms with Crippen LogP contribution in [0.3, 0.4) is 0 Å². The highest BCUT2D eigenvalue weighted by Crippen LogP contribution is 2.14.